The van der Waals surface area contributed by atoms with Crippen LogP contribution in [-0.2, 0) is 14.3 Å². The largest absolute Gasteiger partial charge is 0.462 e. The molecule has 354 valence electrons. The number of hydrogen-bond acceptors (Lipinski definition) is 5. The van der Waals surface area contributed by atoms with Crippen molar-refractivity contribution in [3.8, 4) is 0 Å². The van der Waals surface area contributed by atoms with Gasteiger partial charge in [0.25, 0.3) is 0 Å². The number of ether oxygens (including phenoxy) is 1. The van der Waals surface area contributed by atoms with Crippen LogP contribution >= 0.6 is 0 Å². The monoisotopic (exact) mass is 862 g/mol. The Morgan fingerprint density at radius 3 is 1.35 bits per heavy atom. The molecule has 3 N–H and O–H groups in total. The average molecular weight is 862 g/mol. The van der Waals surface area contributed by atoms with Crippen LogP contribution < -0.4 is 5.32 Å². The summed E-state index contributed by atoms with van der Waals surface area (Å²) in [6, 6.07) is -0.732. The Morgan fingerprint density at radius 2 is 0.887 bits per heavy atom. The maximum Gasteiger partial charge on any atom is 0.306 e. The van der Waals surface area contributed by atoms with E-state index in [0.717, 1.165) is 70.6 Å². The van der Waals surface area contributed by atoms with Gasteiger partial charge in [0.15, 0.2) is 0 Å². The lowest BCUT2D eigenvalue weighted by atomic mass is 10.0. The second kappa shape index (κ2) is 48.8. The number of carbonyl (C=O) groups excluding carboxylic acids is 2. The quantitative estimate of drug-likeness (QED) is 0.0322. The van der Waals surface area contributed by atoms with Gasteiger partial charge in [-0.1, -0.05) is 246 Å². The fraction of sp³-hybridized carbons (Fsp3) is 0.679. The minimum Gasteiger partial charge on any atom is -0.462 e. The predicted octanol–water partition coefficient (Wildman–Crippen LogP) is 15.3. The highest BCUT2D eigenvalue weighted by molar-refractivity contribution is 5.77. The molecule has 0 rings (SSSR count). The summed E-state index contributed by atoms with van der Waals surface area (Å²) in [7, 11) is 0. The molecule has 6 heteroatoms. The zero-order valence-electron chi connectivity index (χ0n) is 40.2. The summed E-state index contributed by atoms with van der Waals surface area (Å²) in [6.45, 7) is 6.18. The highest BCUT2D eigenvalue weighted by Crippen LogP contribution is 2.17. The fourth-order valence-electron chi connectivity index (χ4n) is 7.28. The van der Waals surface area contributed by atoms with Crippen LogP contribution in [0, 0.1) is 0 Å². The zero-order chi connectivity index (χ0) is 45.2. The van der Waals surface area contributed by atoms with Crippen molar-refractivity contribution in [2.45, 2.75) is 238 Å². The minimum atomic E-state index is -0.814. The van der Waals surface area contributed by atoms with Gasteiger partial charge in [0.05, 0.1) is 25.2 Å². The van der Waals surface area contributed by atoms with Gasteiger partial charge in [0, 0.05) is 6.42 Å². The van der Waals surface area contributed by atoms with E-state index in [2.05, 4.69) is 74.7 Å². The number of rotatable bonds is 44. The molecule has 6 nitrogen and oxygen atoms in total. The number of aliphatic hydroxyl groups excluding tert-OH is 2. The lowest BCUT2D eigenvalue weighted by Crippen LogP contribution is -2.46. The summed E-state index contributed by atoms with van der Waals surface area (Å²) in [6.07, 6.45) is 64.7. The number of unbranched alkanes of at least 4 members (excludes halogenated alkanes) is 22. The van der Waals surface area contributed by atoms with E-state index in [4.69, 9.17) is 4.74 Å². The number of amides is 1. The van der Waals surface area contributed by atoms with Gasteiger partial charge in [-0.2, -0.15) is 0 Å². The Balaban J connectivity index is 4.68. The minimum absolute atomic E-state index is 0.0185. The molecule has 0 aliphatic heterocycles. The van der Waals surface area contributed by atoms with Gasteiger partial charge in [-0.3, -0.25) is 9.59 Å². The summed E-state index contributed by atoms with van der Waals surface area (Å²) in [5.74, 6) is -0.566. The van der Waals surface area contributed by atoms with Crippen LogP contribution in [0.25, 0.3) is 0 Å². The lowest BCUT2D eigenvalue weighted by molar-refractivity contribution is -0.151. The van der Waals surface area contributed by atoms with Gasteiger partial charge in [-0.05, 0) is 57.8 Å². The molecule has 0 bridgehead atoms. The second-order valence-corrected chi connectivity index (χ2v) is 17.0. The molecule has 1 amide bonds. The Labute approximate surface area is 382 Å². The number of hydrogen-bond donors (Lipinski definition) is 3. The summed E-state index contributed by atoms with van der Waals surface area (Å²) in [5, 5.41) is 23.8. The molecule has 0 aliphatic carbocycles. The van der Waals surface area contributed by atoms with Crippen molar-refractivity contribution in [3.63, 3.8) is 0 Å². The molecule has 0 radical (unpaired) electrons. The van der Waals surface area contributed by atoms with Crippen LogP contribution in [0.4, 0.5) is 0 Å². The van der Waals surface area contributed by atoms with Crippen molar-refractivity contribution < 1.29 is 24.5 Å². The van der Waals surface area contributed by atoms with Gasteiger partial charge >= 0.3 is 5.97 Å². The summed E-state index contributed by atoms with van der Waals surface area (Å²) < 4.78 is 5.89. The predicted molar refractivity (Wildman–Crippen MR) is 268 cm³/mol. The maximum absolute atomic E-state index is 13.2. The molecular weight excluding hydrogens is 767 g/mol. The van der Waals surface area contributed by atoms with E-state index < -0.39 is 18.2 Å². The van der Waals surface area contributed by atoms with Crippen molar-refractivity contribution in [1.82, 2.24) is 5.32 Å². The van der Waals surface area contributed by atoms with Crippen molar-refractivity contribution in [2.75, 3.05) is 6.61 Å². The molecule has 0 heterocycles. The fourth-order valence-corrected chi connectivity index (χ4v) is 7.28. The molecule has 3 unspecified atom stereocenters. The van der Waals surface area contributed by atoms with Gasteiger partial charge < -0.3 is 20.3 Å². The SMILES string of the molecule is CC/C=C/C=C/C=C\C=C/C=C/CCCC(CC(=O)NC(CO)C(O)CCCCCCCCCCCCCCCCC)OC(=O)CCCCCCCCC/C=C/C=C/C=C/CC. The van der Waals surface area contributed by atoms with E-state index in [1.807, 2.05) is 48.6 Å². The normalized spacial score (nSPS) is 14.1. The maximum atomic E-state index is 13.2. The first-order valence-corrected chi connectivity index (χ1v) is 25.6. The molecule has 0 aromatic carbocycles. The van der Waals surface area contributed by atoms with E-state index in [-0.39, 0.29) is 24.9 Å². The van der Waals surface area contributed by atoms with Crippen LogP contribution in [0.15, 0.2) is 97.2 Å². The standard InChI is InChI=1S/C56H95NO5/c1-4-7-10-13-16-19-22-25-27-30-33-36-39-42-45-48-54(59)53(51-58)57-55(60)50-52(47-44-41-38-35-32-29-24-21-18-15-12-9-6-3)62-56(61)49-46-43-40-37-34-31-28-26-23-20-17-14-11-8-5-2/h8-9,11-12,14-15,17-18,20-21,23-24,29,32,35,38,52-54,58-59H,4-7,10,13,16,19,22,25-28,30-31,33-34,36-37,39-51H2,1-3H3,(H,57,60)/b11-8+,12-9+,17-14+,18-15+,23-20+,24-21-,32-29-,38-35+. The van der Waals surface area contributed by atoms with Gasteiger partial charge in [-0.25, -0.2) is 0 Å². The van der Waals surface area contributed by atoms with E-state index in [0.29, 0.717) is 19.3 Å². The van der Waals surface area contributed by atoms with Crippen molar-refractivity contribution >= 4 is 11.9 Å². The number of aliphatic hydroxyl groups is 2. The first-order chi connectivity index (χ1) is 30.5. The highest BCUT2D eigenvalue weighted by Gasteiger charge is 2.24. The molecule has 0 spiro atoms. The Bertz CT molecular complexity index is 1240. The Kier molecular flexibility index (Phi) is 46.3. The van der Waals surface area contributed by atoms with Gasteiger partial charge in [0.1, 0.15) is 6.10 Å². The summed E-state index contributed by atoms with van der Waals surface area (Å²) in [5.41, 5.74) is 0. The van der Waals surface area contributed by atoms with Crippen molar-refractivity contribution in [1.29, 1.82) is 0 Å². The zero-order valence-corrected chi connectivity index (χ0v) is 40.2. The number of nitrogens with one attached hydrogen (secondary N) is 1. The Hall–Kier alpha value is -3.22. The number of carbonyl (C=O) groups is 2. The summed E-state index contributed by atoms with van der Waals surface area (Å²) >= 11 is 0. The van der Waals surface area contributed by atoms with Crippen LogP contribution in [-0.4, -0.2) is 46.9 Å². The van der Waals surface area contributed by atoms with E-state index in [1.165, 1.54) is 103 Å². The third-order valence-corrected chi connectivity index (χ3v) is 11.1. The molecule has 0 fully saturated rings. The van der Waals surface area contributed by atoms with Gasteiger partial charge in [-0.15, -0.1) is 0 Å². The van der Waals surface area contributed by atoms with E-state index in [1.54, 1.807) is 0 Å². The molecule has 62 heavy (non-hydrogen) atoms. The van der Waals surface area contributed by atoms with E-state index in [9.17, 15) is 19.8 Å². The van der Waals surface area contributed by atoms with Crippen LogP contribution in [0.1, 0.15) is 220 Å². The Morgan fingerprint density at radius 1 is 0.484 bits per heavy atom. The van der Waals surface area contributed by atoms with Crippen LogP contribution in [0.5, 0.6) is 0 Å². The average Bonchev–Trinajstić information content (AvgIpc) is 3.26. The van der Waals surface area contributed by atoms with Crippen LogP contribution in [0.3, 0.4) is 0 Å². The van der Waals surface area contributed by atoms with Crippen LogP contribution in [0.2, 0.25) is 0 Å². The van der Waals surface area contributed by atoms with E-state index >= 15 is 0 Å². The lowest BCUT2D eigenvalue weighted by Gasteiger charge is -2.24. The topological polar surface area (TPSA) is 95.9 Å². The molecule has 0 aliphatic rings. The smallest absolute Gasteiger partial charge is 0.306 e. The first-order valence-electron chi connectivity index (χ1n) is 25.6. The molecule has 0 aromatic rings. The molecule has 0 saturated carbocycles. The van der Waals surface area contributed by atoms with Gasteiger partial charge in [0.2, 0.25) is 5.91 Å². The molecule has 3 atom stereocenters. The third kappa shape index (κ3) is 43.4. The number of allylic oxidation sites excluding steroid dienone is 16. The number of esters is 1. The first kappa shape index (κ1) is 58.8. The molecular formula is C56H95NO5. The molecule has 0 aromatic heterocycles. The summed E-state index contributed by atoms with van der Waals surface area (Å²) in [4.78, 5) is 26.1. The highest BCUT2D eigenvalue weighted by atomic mass is 16.5. The third-order valence-electron chi connectivity index (χ3n) is 11.1. The molecule has 0 saturated heterocycles. The van der Waals surface area contributed by atoms with Crippen molar-refractivity contribution in [2.24, 2.45) is 0 Å². The van der Waals surface area contributed by atoms with Crippen molar-refractivity contribution in [3.05, 3.63) is 97.2 Å². The second-order valence-electron chi connectivity index (χ2n) is 17.0.